The summed E-state index contributed by atoms with van der Waals surface area (Å²) in [7, 11) is 3.09. The van der Waals surface area contributed by atoms with Gasteiger partial charge in [0, 0.05) is 12.0 Å². The van der Waals surface area contributed by atoms with E-state index in [4.69, 9.17) is 9.47 Å². The van der Waals surface area contributed by atoms with Crippen LogP contribution in [0.5, 0.6) is 5.88 Å². The van der Waals surface area contributed by atoms with Crippen molar-refractivity contribution in [3.05, 3.63) is 37.6 Å². The van der Waals surface area contributed by atoms with Crippen molar-refractivity contribution < 1.29 is 19.1 Å². The maximum absolute atomic E-state index is 12.8. The van der Waals surface area contributed by atoms with Crippen LogP contribution in [0.1, 0.15) is 54.5 Å². The monoisotopic (exact) mass is 460 g/mol. The zero-order valence-corrected chi connectivity index (χ0v) is 19.5. The van der Waals surface area contributed by atoms with E-state index in [-0.39, 0.29) is 12.5 Å². The normalized spacial score (nSPS) is 15.5. The maximum Gasteiger partial charge on any atom is 0.280 e. The van der Waals surface area contributed by atoms with E-state index in [1.807, 2.05) is 13.0 Å². The van der Waals surface area contributed by atoms with Crippen LogP contribution in [0.3, 0.4) is 0 Å². The van der Waals surface area contributed by atoms with Gasteiger partial charge in [0.15, 0.2) is 5.82 Å². The van der Waals surface area contributed by atoms with Crippen molar-refractivity contribution in [3.8, 4) is 5.88 Å². The lowest BCUT2D eigenvalue weighted by atomic mass is 9.90. The number of nitrogens with one attached hydrogen (secondary N) is 2. The molecule has 3 aromatic heterocycles. The number of amides is 2. The molecule has 0 saturated heterocycles. The van der Waals surface area contributed by atoms with Gasteiger partial charge in [-0.05, 0) is 49.3 Å². The summed E-state index contributed by atoms with van der Waals surface area (Å²) in [6, 6.07) is 1.94. The van der Waals surface area contributed by atoms with Gasteiger partial charge in [-0.3, -0.25) is 20.4 Å². The number of nitrogens with zero attached hydrogens (tertiary/aromatic N) is 2. The first-order chi connectivity index (χ1) is 14.9. The highest BCUT2D eigenvalue weighted by Gasteiger charge is 2.23. The van der Waals surface area contributed by atoms with Gasteiger partial charge >= 0.3 is 0 Å². The molecular formula is C21H24N4O4S2. The van der Waals surface area contributed by atoms with Crippen LogP contribution in [0.25, 0.3) is 10.2 Å². The summed E-state index contributed by atoms with van der Waals surface area (Å²) in [5.74, 6) is 0.799. The minimum Gasteiger partial charge on any atom is -0.480 e. The van der Waals surface area contributed by atoms with Crippen molar-refractivity contribution in [3.63, 3.8) is 0 Å². The molecule has 2 N–H and O–H groups in total. The number of thiophene rings is 2. The van der Waals surface area contributed by atoms with Crippen molar-refractivity contribution in [1.29, 1.82) is 0 Å². The molecule has 0 aliphatic heterocycles. The molecular weight excluding hydrogens is 436 g/mol. The van der Waals surface area contributed by atoms with Crippen LogP contribution in [-0.2, 0) is 24.2 Å². The predicted molar refractivity (Wildman–Crippen MR) is 120 cm³/mol. The first-order valence-corrected chi connectivity index (χ1v) is 11.6. The van der Waals surface area contributed by atoms with Gasteiger partial charge in [0.05, 0.1) is 22.3 Å². The number of methoxy groups -OCH3 is 2. The highest BCUT2D eigenvalue weighted by atomic mass is 32.1. The molecule has 0 spiro atoms. The first-order valence-electron chi connectivity index (χ1n) is 9.96. The third-order valence-electron chi connectivity index (χ3n) is 5.32. The SMILES string of the molecule is COCc1nc(OC)c2c(C)c(C(=O)NNC(=O)c3cc4c(s3)CCC(C)C4)sc2n1. The second kappa shape index (κ2) is 8.89. The fourth-order valence-corrected chi connectivity index (χ4v) is 5.94. The van der Waals surface area contributed by atoms with Crippen LogP contribution in [0.4, 0.5) is 0 Å². The number of carbonyl (C=O) groups excluding carboxylic acids is 2. The number of rotatable bonds is 5. The van der Waals surface area contributed by atoms with Gasteiger partial charge in [0.25, 0.3) is 11.8 Å². The molecule has 0 bridgehead atoms. The van der Waals surface area contributed by atoms with Crippen LogP contribution in [0, 0.1) is 12.8 Å². The number of ether oxygens (including phenoxy) is 2. The fourth-order valence-electron chi connectivity index (χ4n) is 3.75. The summed E-state index contributed by atoms with van der Waals surface area (Å²) in [6.45, 7) is 4.28. The first kappa shape index (κ1) is 21.7. The zero-order valence-electron chi connectivity index (χ0n) is 17.8. The minimum atomic E-state index is -0.404. The van der Waals surface area contributed by atoms with E-state index in [9.17, 15) is 9.59 Å². The van der Waals surface area contributed by atoms with Gasteiger partial charge in [-0.2, -0.15) is 4.98 Å². The van der Waals surface area contributed by atoms with Gasteiger partial charge in [-0.1, -0.05) is 6.92 Å². The molecule has 4 rings (SSSR count). The fraction of sp³-hybridized carbons (Fsp3) is 0.429. The van der Waals surface area contributed by atoms with Crippen LogP contribution in [0.15, 0.2) is 6.07 Å². The van der Waals surface area contributed by atoms with Gasteiger partial charge in [0.1, 0.15) is 11.4 Å². The maximum atomic E-state index is 12.8. The zero-order chi connectivity index (χ0) is 22.1. The Labute approximate surface area is 188 Å². The van der Waals surface area contributed by atoms with Crippen molar-refractivity contribution in [2.45, 2.75) is 39.7 Å². The number of hydrazine groups is 1. The van der Waals surface area contributed by atoms with E-state index in [0.29, 0.717) is 43.2 Å². The van der Waals surface area contributed by atoms with Gasteiger partial charge in [-0.25, -0.2) is 4.98 Å². The molecule has 1 unspecified atom stereocenters. The predicted octanol–water partition coefficient (Wildman–Crippen LogP) is 3.42. The number of aromatic nitrogens is 2. The van der Waals surface area contributed by atoms with Crippen molar-refractivity contribution in [2.75, 3.05) is 14.2 Å². The second-order valence-electron chi connectivity index (χ2n) is 7.63. The average molecular weight is 461 g/mol. The molecule has 10 heteroatoms. The lowest BCUT2D eigenvalue weighted by Gasteiger charge is -2.16. The minimum absolute atomic E-state index is 0.240. The van der Waals surface area contributed by atoms with Crippen LogP contribution in [0.2, 0.25) is 0 Å². The highest BCUT2D eigenvalue weighted by molar-refractivity contribution is 7.20. The Bertz CT molecular complexity index is 1150. The van der Waals surface area contributed by atoms with Gasteiger partial charge < -0.3 is 9.47 Å². The summed E-state index contributed by atoms with van der Waals surface area (Å²) in [5.41, 5.74) is 7.02. The molecule has 3 aromatic rings. The van der Waals surface area contributed by atoms with Crippen LogP contribution < -0.4 is 15.6 Å². The highest BCUT2D eigenvalue weighted by Crippen LogP contribution is 2.35. The quantitative estimate of drug-likeness (QED) is 0.566. The number of hydrogen-bond donors (Lipinski definition) is 2. The Morgan fingerprint density at radius 1 is 1.19 bits per heavy atom. The number of fused-ring (bicyclic) bond motifs is 2. The Hall–Kier alpha value is -2.56. The molecule has 164 valence electrons. The van der Waals surface area contributed by atoms with Crippen molar-refractivity contribution in [2.24, 2.45) is 5.92 Å². The Morgan fingerprint density at radius 3 is 2.71 bits per heavy atom. The number of hydrogen-bond acceptors (Lipinski definition) is 8. The molecule has 8 nitrogen and oxygen atoms in total. The van der Waals surface area contributed by atoms with E-state index in [1.165, 1.54) is 40.2 Å². The summed E-state index contributed by atoms with van der Waals surface area (Å²) < 4.78 is 10.5. The van der Waals surface area contributed by atoms with E-state index in [0.717, 1.165) is 19.3 Å². The lowest BCUT2D eigenvalue weighted by molar-refractivity contribution is 0.0851. The number of aryl methyl sites for hydroxylation is 2. The molecule has 0 aromatic carbocycles. The van der Waals surface area contributed by atoms with Gasteiger partial charge in [0.2, 0.25) is 5.88 Å². The Balaban J connectivity index is 1.51. The largest absolute Gasteiger partial charge is 0.480 e. The number of carbonyl (C=O) groups is 2. The third kappa shape index (κ3) is 4.28. The standard InChI is InChI=1S/C21H24N4O4S2/c1-10-5-6-13-12(7-10)8-14(30-13)18(26)24-25-19(27)17-11(2)16-20(29-4)22-15(9-28-3)23-21(16)31-17/h8,10H,5-7,9H2,1-4H3,(H,24,26)(H,25,27). The molecule has 1 atom stereocenters. The Morgan fingerprint density at radius 2 is 1.97 bits per heavy atom. The molecule has 3 heterocycles. The van der Waals surface area contributed by atoms with Gasteiger partial charge in [-0.15, -0.1) is 22.7 Å². The molecule has 1 aliphatic carbocycles. The summed E-state index contributed by atoms with van der Waals surface area (Å²) in [5, 5.41) is 0.684. The van der Waals surface area contributed by atoms with E-state index >= 15 is 0 Å². The molecule has 0 saturated carbocycles. The van der Waals surface area contributed by atoms with Crippen LogP contribution >= 0.6 is 22.7 Å². The van der Waals surface area contributed by atoms with E-state index in [1.54, 1.807) is 7.11 Å². The summed E-state index contributed by atoms with van der Waals surface area (Å²) in [6.07, 6.45) is 3.16. The third-order valence-corrected chi connectivity index (χ3v) is 7.74. The smallest absolute Gasteiger partial charge is 0.280 e. The molecule has 0 radical (unpaired) electrons. The van der Waals surface area contributed by atoms with Crippen LogP contribution in [-0.4, -0.2) is 36.0 Å². The molecule has 0 fully saturated rings. The molecule has 1 aliphatic rings. The summed E-state index contributed by atoms with van der Waals surface area (Å²) >= 11 is 2.73. The summed E-state index contributed by atoms with van der Waals surface area (Å²) in [4.78, 5) is 37.1. The molecule has 31 heavy (non-hydrogen) atoms. The van der Waals surface area contributed by atoms with Crippen molar-refractivity contribution in [1.82, 2.24) is 20.8 Å². The second-order valence-corrected chi connectivity index (χ2v) is 9.77. The van der Waals surface area contributed by atoms with E-state index < -0.39 is 5.91 Å². The molecule has 2 amide bonds. The lowest BCUT2D eigenvalue weighted by Crippen LogP contribution is -2.41. The van der Waals surface area contributed by atoms with E-state index in [2.05, 4.69) is 27.7 Å². The van der Waals surface area contributed by atoms with Crippen molar-refractivity contribution >= 4 is 44.7 Å². The topological polar surface area (TPSA) is 102 Å². The Kier molecular flexibility index (Phi) is 6.22. The average Bonchev–Trinajstić information content (AvgIpc) is 3.32.